The highest BCUT2D eigenvalue weighted by Crippen LogP contribution is 2.33. The topological polar surface area (TPSA) is 58.6 Å². The average molecular weight is 473 g/mol. The van der Waals surface area contributed by atoms with Gasteiger partial charge in [-0.2, -0.15) is 13.2 Å². The number of nitrogens with zero attached hydrogens (tertiary/aromatic N) is 1. The van der Waals surface area contributed by atoms with Gasteiger partial charge in [-0.3, -0.25) is 4.79 Å². The number of carbonyl (C=O) groups excluding carboxylic acids is 2. The molecule has 8 heteroatoms. The van der Waals surface area contributed by atoms with E-state index in [0.29, 0.717) is 11.1 Å². The molecule has 0 bridgehead atoms. The second-order valence-corrected chi connectivity index (χ2v) is 8.97. The van der Waals surface area contributed by atoms with Crippen LogP contribution >= 0.6 is 0 Å². The highest BCUT2D eigenvalue weighted by Gasteiger charge is 2.30. The Morgan fingerprint density at radius 2 is 1.65 bits per heavy atom. The molecule has 0 saturated heterocycles. The van der Waals surface area contributed by atoms with Crippen LogP contribution in [0.2, 0.25) is 0 Å². The van der Waals surface area contributed by atoms with E-state index in [4.69, 9.17) is 4.74 Å². The SMILES string of the molecule is CN(CCNC(=O)c1ccc2c(-c3ccc(C(F)(F)F)cc3)cccc2c1)C(=O)OC(C)(C)C. The Morgan fingerprint density at radius 3 is 2.26 bits per heavy atom. The Hall–Kier alpha value is -3.55. The van der Waals surface area contributed by atoms with Crippen LogP contribution < -0.4 is 5.32 Å². The number of nitrogens with one attached hydrogen (secondary N) is 1. The van der Waals surface area contributed by atoms with Crippen molar-refractivity contribution in [2.75, 3.05) is 20.1 Å². The molecule has 0 heterocycles. The monoisotopic (exact) mass is 472 g/mol. The van der Waals surface area contributed by atoms with Gasteiger partial charge in [0.15, 0.2) is 0 Å². The number of halogens is 3. The molecule has 0 aliphatic carbocycles. The summed E-state index contributed by atoms with van der Waals surface area (Å²) in [6.07, 6.45) is -4.86. The maximum Gasteiger partial charge on any atom is 0.416 e. The van der Waals surface area contributed by atoms with E-state index >= 15 is 0 Å². The third kappa shape index (κ3) is 6.27. The Bertz CT molecular complexity index is 1180. The molecule has 0 saturated carbocycles. The summed E-state index contributed by atoms with van der Waals surface area (Å²) in [6, 6.07) is 15.7. The lowest BCUT2D eigenvalue weighted by molar-refractivity contribution is -0.137. The summed E-state index contributed by atoms with van der Waals surface area (Å²) in [5.41, 5.74) is 0.571. The molecule has 0 atom stereocenters. The van der Waals surface area contributed by atoms with Crippen molar-refractivity contribution < 1.29 is 27.5 Å². The van der Waals surface area contributed by atoms with Gasteiger partial charge in [0.2, 0.25) is 0 Å². The van der Waals surface area contributed by atoms with Crippen LogP contribution in [-0.4, -0.2) is 42.6 Å². The van der Waals surface area contributed by atoms with Crippen LogP contribution in [-0.2, 0) is 10.9 Å². The summed E-state index contributed by atoms with van der Waals surface area (Å²) in [7, 11) is 1.60. The van der Waals surface area contributed by atoms with E-state index in [1.807, 2.05) is 12.1 Å². The predicted octanol–water partition coefficient (Wildman–Crippen LogP) is 6.12. The smallest absolute Gasteiger partial charge is 0.416 e. The zero-order valence-electron chi connectivity index (χ0n) is 19.5. The molecule has 0 spiro atoms. The van der Waals surface area contributed by atoms with Crippen molar-refractivity contribution >= 4 is 22.8 Å². The minimum atomic E-state index is -4.39. The van der Waals surface area contributed by atoms with Crippen molar-refractivity contribution in [2.24, 2.45) is 0 Å². The number of alkyl halides is 3. The first kappa shape index (κ1) is 25.1. The fourth-order valence-electron chi connectivity index (χ4n) is 3.39. The van der Waals surface area contributed by atoms with Crippen LogP contribution in [0.15, 0.2) is 60.7 Å². The summed E-state index contributed by atoms with van der Waals surface area (Å²) >= 11 is 0. The minimum Gasteiger partial charge on any atom is -0.444 e. The lowest BCUT2D eigenvalue weighted by Gasteiger charge is -2.24. The normalized spacial score (nSPS) is 11.9. The molecule has 180 valence electrons. The summed E-state index contributed by atoms with van der Waals surface area (Å²) < 4.78 is 43.9. The molecule has 0 aliphatic rings. The first-order valence-corrected chi connectivity index (χ1v) is 10.8. The molecule has 34 heavy (non-hydrogen) atoms. The number of ether oxygens (including phenoxy) is 1. The number of rotatable bonds is 5. The third-order valence-corrected chi connectivity index (χ3v) is 5.10. The Morgan fingerprint density at radius 1 is 0.971 bits per heavy atom. The average Bonchev–Trinajstić information content (AvgIpc) is 2.76. The number of fused-ring (bicyclic) bond motifs is 1. The largest absolute Gasteiger partial charge is 0.444 e. The number of hydrogen-bond donors (Lipinski definition) is 1. The molecule has 5 nitrogen and oxygen atoms in total. The molecule has 3 rings (SSSR count). The highest BCUT2D eigenvalue weighted by molar-refractivity contribution is 6.02. The highest BCUT2D eigenvalue weighted by atomic mass is 19.4. The van der Waals surface area contributed by atoms with Gasteiger partial charge in [0.1, 0.15) is 5.60 Å². The first-order chi connectivity index (χ1) is 15.8. The summed E-state index contributed by atoms with van der Waals surface area (Å²) in [5.74, 6) is -0.292. The number of amides is 2. The van der Waals surface area contributed by atoms with Gasteiger partial charge in [0.25, 0.3) is 5.91 Å². The second kappa shape index (κ2) is 9.75. The van der Waals surface area contributed by atoms with Gasteiger partial charge in [0.05, 0.1) is 5.56 Å². The molecule has 0 unspecified atom stereocenters. The third-order valence-electron chi connectivity index (χ3n) is 5.10. The molecule has 0 radical (unpaired) electrons. The lowest BCUT2D eigenvalue weighted by Crippen LogP contribution is -2.39. The van der Waals surface area contributed by atoms with Gasteiger partial charge in [-0.15, -0.1) is 0 Å². The van der Waals surface area contributed by atoms with Gasteiger partial charge in [-0.05, 0) is 66.9 Å². The van der Waals surface area contributed by atoms with Crippen LogP contribution in [0.3, 0.4) is 0 Å². The number of likely N-dealkylation sites (N-methyl/N-ethyl adjacent to an activating group) is 1. The van der Waals surface area contributed by atoms with Crippen LogP contribution in [0.25, 0.3) is 21.9 Å². The zero-order chi connectivity index (χ0) is 25.1. The second-order valence-electron chi connectivity index (χ2n) is 8.97. The maximum absolute atomic E-state index is 12.9. The molecule has 0 aromatic heterocycles. The van der Waals surface area contributed by atoms with Gasteiger partial charge in [0, 0.05) is 25.7 Å². The summed E-state index contributed by atoms with van der Waals surface area (Å²) in [4.78, 5) is 26.0. The van der Waals surface area contributed by atoms with Crippen molar-refractivity contribution in [3.05, 3.63) is 71.8 Å². The number of benzene rings is 3. The van der Waals surface area contributed by atoms with Gasteiger partial charge < -0.3 is 15.0 Å². The maximum atomic E-state index is 12.9. The quantitative estimate of drug-likeness (QED) is 0.487. The summed E-state index contributed by atoms with van der Waals surface area (Å²) in [6.45, 7) is 5.88. The fourth-order valence-corrected chi connectivity index (χ4v) is 3.39. The van der Waals surface area contributed by atoms with Crippen LogP contribution in [0.1, 0.15) is 36.7 Å². The molecule has 1 N–H and O–H groups in total. The van der Waals surface area contributed by atoms with E-state index < -0.39 is 23.4 Å². The van der Waals surface area contributed by atoms with E-state index in [-0.39, 0.29) is 19.0 Å². The molecular formula is C26H27F3N2O3. The predicted molar refractivity (Wildman–Crippen MR) is 126 cm³/mol. The van der Waals surface area contributed by atoms with Crippen LogP contribution in [0.5, 0.6) is 0 Å². The number of hydrogen-bond acceptors (Lipinski definition) is 3. The van der Waals surface area contributed by atoms with Gasteiger partial charge in [-0.1, -0.05) is 36.4 Å². The fraction of sp³-hybridized carbons (Fsp3) is 0.308. The Labute approximate surface area is 196 Å². The standard InChI is InChI=1S/C26H27F3N2O3/c1-25(2,3)34-24(33)31(4)15-14-30-23(32)19-10-13-22-18(16-19)6-5-7-21(22)17-8-11-20(12-9-17)26(27,28)29/h5-13,16H,14-15H2,1-4H3,(H,30,32). The number of carbonyl (C=O) groups is 2. The van der Waals surface area contributed by atoms with E-state index in [9.17, 15) is 22.8 Å². The lowest BCUT2D eigenvalue weighted by atomic mass is 9.96. The van der Waals surface area contributed by atoms with E-state index in [1.165, 1.54) is 17.0 Å². The van der Waals surface area contributed by atoms with Crippen LogP contribution in [0.4, 0.5) is 18.0 Å². The summed E-state index contributed by atoms with van der Waals surface area (Å²) in [5, 5.41) is 4.39. The molecule has 0 aliphatic heterocycles. The van der Waals surface area contributed by atoms with Gasteiger partial charge in [-0.25, -0.2) is 4.79 Å². The van der Waals surface area contributed by atoms with E-state index in [1.54, 1.807) is 52.1 Å². The van der Waals surface area contributed by atoms with Gasteiger partial charge >= 0.3 is 12.3 Å². The van der Waals surface area contributed by atoms with E-state index in [0.717, 1.165) is 28.5 Å². The zero-order valence-corrected chi connectivity index (χ0v) is 19.5. The Balaban J connectivity index is 1.70. The van der Waals surface area contributed by atoms with Crippen molar-refractivity contribution in [1.82, 2.24) is 10.2 Å². The molecule has 3 aromatic carbocycles. The van der Waals surface area contributed by atoms with Crippen molar-refractivity contribution in [2.45, 2.75) is 32.5 Å². The molecule has 2 amide bonds. The van der Waals surface area contributed by atoms with Crippen molar-refractivity contribution in [3.63, 3.8) is 0 Å². The van der Waals surface area contributed by atoms with Crippen molar-refractivity contribution in [3.8, 4) is 11.1 Å². The van der Waals surface area contributed by atoms with E-state index in [2.05, 4.69) is 5.32 Å². The van der Waals surface area contributed by atoms with Crippen molar-refractivity contribution in [1.29, 1.82) is 0 Å². The van der Waals surface area contributed by atoms with Crippen LogP contribution in [0, 0.1) is 0 Å². The molecule has 0 fully saturated rings. The Kier molecular flexibility index (Phi) is 7.19. The first-order valence-electron chi connectivity index (χ1n) is 10.8. The molecule has 3 aromatic rings. The molecular weight excluding hydrogens is 445 g/mol. The minimum absolute atomic E-state index is 0.248.